The average Bonchev–Trinajstić information content (AvgIpc) is 3.22. The summed E-state index contributed by atoms with van der Waals surface area (Å²) in [4.78, 5) is 2.37. The van der Waals surface area contributed by atoms with Crippen molar-refractivity contribution in [3.05, 3.63) is 70.2 Å². The third-order valence-electron chi connectivity index (χ3n) is 6.01. The molecule has 1 atom stereocenters. The molecule has 0 N–H and O–H groups in total. The van der Waals surface area contributed by atoms with Crippen molar-refractivity contribution in [2.45, 2.75) is 50.5 Å². The molecule has 1 fully saturated rings. The summed E-state index contributed by atoms with van der Waals surface area (Å²) in [5.74, 6) is 0.473. The molecular formula is C24H29BrN2. The van der Waals surface area contributed by atoms with E-state index in [-0.39, 0.29) is 5.41 Å². The molecule has 3 rings (SSSR count). The summed E-state index contributed by atoms with van der Waals surface area (Å²) in [7, 11) is 2.18. The number of nitriles is 1. The lowest BCUT2D eigenvalue weighted by atomic mass is 9.67. The molecule has 0 aliphatic heterocycles. The lowest BCUT2D eigenvalue weighted by molar-refractivity contribution is 0.272. The summed E-state index contributed by atoms with van der Waals surface area (Å²) in [5, 5.41) is 10.3. The molecule has 0 amide bonds. The van der Waals surface area contributed by atoms with Crippen LogP contribution in [-0.2, 0) is 12.0 Å². The van der Waals surface area contributed by atoms with Gasteiger partial charge < -0.3 is 4.90 Å². The molecule has 0 radical (unpaired) electrons. The third kappa shape index (κ3) is 4.81. The molecule has 0 saturated heterocycles. The Morgan fingerprint density at radius 2 is 1.74 bits per heavy atom. The minimum atomic E-state index is -0.371. The molecule has 1 aliphatic rings. The van der Waals surface area contributed by atoms with Gasteiger partial charge in [0.1, 0.15) is 0 Å². The average molecular weight is 425 g/mol. The topological polar surface area (TPSA) is 27.0 Å². The van der Waals surface area contributed by atoms with Gasteiger partial charge in [-0.15, -0.1) is 0 Å². The van der Waals surface area contributed by atoms with Gasteiger partial charge in [0.15, 0.2) is 0 Å². The normalized spacial score (nSPS) is 17.0. The van der Waals surface area contributed by atoms with Crippen LogP contribution >= 0.6 is 15.9 Å². The zero-order valence-electron chi connectivity index (χ0n) is 16.2. The van der Waals surface area contributed by atoms with Crippen LogP contribution in [0.2, 0.25) is 0 Å². The SMILES string of the molecule is CN(CCCC(C#N)(c1ccccc1Br)C1CCCC1)Cc1ccccc1. The fourth-order valence-corrected chi connectivity index (χ4v) is 5.25. The minimum absolute atomic E-state index is 0.371. The fourth-order valence-electron chi connectivity index (χ4n) is 4.61. The first-order valence-corrected chi connectivity index (χ1v) is 10.8. The minimum Gasteiger partial charge on any atom is -0.302 e. The van der Waals surface area contributed by atoms with Gasteiger partial charge in [0.05, 0.1) is 11.5 Å². The molecule has 2 aromatic rings. The molecule has 0 bridgehead atoms. The maximum Gasteiger partial charge on any atom is 0.0861 e. The standard InChI is InChI=1S/C24H29BrN2/c1-27(18-20-10-3-2-4-11-20)17-9-16-24(19-26,21-12-5-6-13-21)22-14-7-8-15-23(22)25/h2-4,7-8,10-11,14-15,21H,5-6,9,12-13,16-18H2,1H3. The van der Waals surface area contributed by atoms with Crippen molar-refractivity contribution in [1.82, 2.24) is 4.90 Å². The van der Waals surface area contributed by atoms with E-state index in [2.05, 4.69) is 82.5 Å². The van der Waals surface area contributed by atoms with E-state index < -0.39 is 0 Å². The maximum atomic E-state index is 10.3. The lowest BCUT2D eigenvalue weighted by Crippen LogP contribution is -2.34. The molecule has 0 aromatic heterocycles. The highest BCUT2D eigenvalue weighted by molar-refractivity contribution is 9.10. The van der Waals surface area contributed by atoms with Crippen molar-refractivity contribution in [1.29, 1.82) is 5.26 Å². The smallest absolute Gasteiger partial charge is 0.0861 e. The first-order chi connectivity index (χ1) is 13.2. The van der Waals surface area contributed by atoms with Gasteiger partial charge in [-0.1, -0.05) is 77.3 Å². The molecule has 0 spiro atoms. The maximum absolute atomic E-state index is 10.3. The van der Waals surface area contributed by atoms with E-state index in [1.165, 1.54) is 36.8 Å². The first-order valence-electron chi connectivity index (χ1n) is 10.0. The molecule has 1 aliphatic carbocycles. The Balaban J connectivity index is 1.70. The summed E-state index contributed by atoms with van der Waals surface area (Å²) < 4.78 is 1.08. The zero-order valence-corrected chi connectivity index (χ0v) is 17.8. The second kappa shape index (κ2) is 9.53. The van der Waals surface area contributed by atoms with E-state index in [9.17, 15) is 5.26 Å². The van der Waals surface area contributed by atoms with Gasteiger partial charge in [-0.25, -0.2) is 0 Å². The Labute approximate surface area is 172 Å². The van der Waals surface area contributed by atoms with Gasteiger partial charge in [0.2, 0.25) is 0 Å². The van der Waals surface area contributed by atoms with Gasteiger partial charge in [0, 0.05) is 11.0 Å². The molecule has 0 heterocycles. The molecule has 27 heavy (non-hydrogen) atoms. The summed E-state index contributed by atoms with van der Waals surface area (Å²) in [6.07, 6.45) is 6.83. The number of nitrogens with zero attached hydrogens (tertiary/aromatic N) is 2. The summed E-state index contributed by atoms with van der Waals surface area (Å²) in [5.41, 5.74) is 2.16. The van der Waals surface area contributed by atoms with E-state index in [4.69, 9.17) is 0 Å². The predicted molar refractivity (Wildman–Crippen MR) is 115 cm³/mol. The quantitative estimate of drug-likeness (QED) is 0.495. The summed E-state index contributed by atoms with van der Waals surface area (Å²) in [6, 6.07) is 21.7. The van der Waals surface area contributed by atoms with Crippen LogP contribution in [0.15, 0.2) is 59.1 Å². The Hall–Kier alpha value is -1.63. The summed E-state index contributed by atoms with van der Waals surface area (Å²) in [6.45, 7) is 1.97. The fraction of sp³-hybridized carbons (Fsp3) is 0.458. The highest BCUT2D eigenvalue weighted by Gasteiger charge is 2.42. The molecule has 142 valence electrons. The van der Waals surface area contributed by atoms with Crippen molar-refractivity contribution < 1.29 is 0 Å². The summed E-state index contributed by atoms with van der Waals surface area (Å²) >= 11 is 3.72. The van der Waals surface area contributed by atoms with Crippen LogP contribution in [0.4, 0.5) is 0 Å². The number of rotatable bonds is 8. The monoisotopic (exact) mass is 424 g/mol. The van der Waals surface area contributed by atoms with Crippen LogP contribution in [0.25, 0.3) is 0 Å². The lowest BCUT2D eigenvalue weighted by Gasteiger charge is -2.35. The van der Waals surface area contributed by atoms with Gasteiger partial charge in [-0.2, -0.15) is 5.26 Å². The Bertz CT molecular complexity index is 761. The van der Waals surface area contributed by atoms with Crippen LogP contribution in [0.5, 0.6) is 0 Å². The Morgan fingerprint density at radius 1 is 1.07 bits per heavy atom. The van der Waals surface area contributed by atoms with Crippen molar-refractivity contribution >= 4 is 15.9 Å². The predicted octanol–water partition coefficient (Wildman–Crippen LogP) is 6.31. The van der Waals surface area contributed by atoms with Gasteiger partial charge >= 0.3 is 0 Å². The van der Waals surface area contributed by atoms with E-state index in [0.717, 1.165) is 30.4 Å². The van der Waals surface area contributed by atoms with Crippen molar-refractivity contribution in [3.63, 3.8) is 0 Å². The van der Waals surface area contributed by atoms with E-state index in [0.29, 0.717) is 5.92 Å². The second-order valence-electron chi connectivity index (χ2n) is 7.87. The van der Waals surface area contributed by atoms with Gasteiger partial charge in [-0.3, -0.25) is 0 Å². The van der Waals surface area contributed by atoms with Crippen LogP contribution in [-0.4, -0.2) is 18.5 Å². The highest BCUT2D eigenvalue weighted by atomic mass is 79.9. The van der Waals surface area contributed by atoms with Crippen molar-refractivity contribution in [2.75, 3.05) is 13.6 Å². The molecule has 1 saturated carbocycles. The third-order valence-corrected chi connectivity index (χ3v) is 6.70. The van der Waals surface area contributed by atoms with Crippen molar-refractivity contribution in [2.24, 2.45) is 5.92 Å². The van der Waals surface area contributed by atoms with Crippen LogP contribution in [0.1, 0.15) is 49.7 Å². The molecular weight excluding hydrogens is 396 g/mol. The van der Waals surface area contributed by atoms with Crippen LogP contribution < -0.4 is 0 Å². The molecule has 2 aromatic carbocycles. The number of hydrogen-bond acceptors (Lipinski definition) is 2. The molecule has 2 nitrogen and oxygen atoms in total. The number of benzene rings is 2. The van der Waals surface area contributed by atoms with Crippen molar-refractivity contribution in [3.8, 4) is 6.07 Å². The number of halogens is 1. The van der Waals surface area contributed by atoms with Crippen LogP contribution in [0.3, 0.4) is 0 Å². The Morgan fingerprint density at radius 3 is 2.41 bits per heavy atom. The van der Waals surface area contributed by atoms with E-state index in [1.807, 2.05) is 6.07 Å². The number of hydrogen-bond donors (Lipinski definition) is 0. The van der Waals surface area contributed by atoms with Crippen LogP contribution in [0, 0.1) is 17.2 Å². The molecule has 1 unspecified atom stereocenters. The van der Waals surface area contributed by atoms with Gasteiger partial charge in [-0.05, 0) is 62.4 Å². The van der Waals surface area contributed by atoms with Gasteiger partial charge in [0.25, 0.3) is 0 Å². The Kier molecular flexibility index (Phi) is 7.10. The van der Waals surface area contributed by atoms with E-state index in [1.54, 1.807) is 0 Å². The highest BCUT2D eigenvalue weighted by Crippen LogP contribution is 2.47. The first kappa shape index (κ1) is 20.1. The zero-order chi connectivity index (χ0) is 19.1. The molecule has 3 heteroatoms. The van der Waals surface area contributed by atoms with E-state index >= 15 is 0 Å². The second-order valence-corrected chi connectivity index (χ2v) is 8.73. The largest absolute Gasteiger partial charge is 0.302 e.